The van der Waals surface area contributed by atoms with Gasteiger partial charge >= 0.3 is 0 Å². The first kappa shape index (κ1) is 36.3. The van der Waals surface area contributed by atoms with Crippen LogP contribution < -0.4 is 0 Å². The summed E-state index contributed by atoms with van der Waals surface area (Å²) in [6, 6.07) is 0. The molecular weight excluding hydrogens is 247 g/mol. The summed E-state index contributed by atoms with van der Waals surface area (Å²) in [5.74, 6) is 0. The van der Waals surface area contributed by atoms with Crippen molar-refractivity contribution in [2.45, 2.75) is 0 Å². The van der Waals surface area contributed by atoms with E-state index in [1.54, 1.807) is 0 Å². The van der Waals surface area contributed by atoms with E-state index in [2.05, 4.69) is 0 Å². The molecule has 0 aromatic rings. The van der Waals surface area contributed by atoms with Gasteiger partial charge < -0.3 is 0 Å². The van der Waals surface area contributed by atoms with E-state index in [1.807, 2.05) is 0 Å². The second-order valence-electron chi connectivity index (χ2n) is 0. The van der Waals surface area contributed by atoms with Crippen LogP contribution in [0.15, 0.2) is 0 Å². The third-order valence-electron chi connectivity index (χ3n) is 0. The van der Waals surface area contributed by atoms with E-state index in [4.69, 9.17) is 0 Å². The van der Waals surface area contributed by atoms with E-state index >= 15 is 0 Å². The second kappa shape index (κ2) is 19.6. The van der Waals surface area contributed by atoms with Crippen LogP contribution in [0.25, 0.3) is 0 Å². The van der Waals surface area contributed by atoms with Gasteiger partial charge in [-0.1, -0.05) is 0 Å². The molecule has 0 heterocycles. The molecule has 33 valence electrons. The third-order valence-corrected chi connectivity index (χ3v) is 0. The molecule has 0 aromatic carbocycles. The van der Waals surface area contributed by atoms with Crippen molar-refractivity contribution in [1.82, 2.24) is 0 Å². The maximum absolute atomic E-state index is 0. The Bertz CT molecular complexity index is 8.00. The molecule has 0 nitrogen and oxygen atoms in total. The average molecular weight is 249 g/mol. The SMILES string of the molecule is S.[Cu].[Fe].[Mo]. The van der Waals surface area contributed by atoms with E-state index in [1.165, 1.54) is 0 Å². The zero-order valence-corrected chi connectivity index (χ0v) is 6.62. The Morgan fingerprint density at radius 2 is 1.00 bits per heavy atom. The van der Waals surface area contributed by atoms with Crippen molar-refractivity contribution in [3.8, 4) is 0 Å². The average Bonchev–Trinajstić information content (AvgIpc) is 0. The van der Waals surface area contributed by atoms with Gasteiger partial charge in [0.05, 0.1) is 0 Å². The van der Waals surface area contributed by atoms with Crippen molar-refractivity contribution < 1.29 is 55.2 Å². The minimum atomic E-state index is 0. The Labute approximate surface area is 68.1 Å². The van der Waals surface area contributed by atoms with Crippen molar-refractivity contribution >= 4 is 13.5 Å². The van der Waals surface area contributed by atoms with Gasteiger partial charge in [-0.05, 0) is 0 Å². The molecule has 0 atom stereocenters. The third kappa shape index (κ3) is 8.95. The molecule has 0 aliphatic rings. The van der Waals surface area contributed by atoms with Crippen LogP contribution in [0.5, 0.6) is 0 Å². The first-order chi connectivity index (χ1) is 0. The van der Waals surface area contributed by atoms with Crippen LogP contribution >= 0.6 is 13.5 Å². The molecule has 1 radical (unpaired) electrons. The molecule has 0 saturated heterocycles. The summed E-state index contributed by atoms with van der Waals surface area (Å²) >= 11 is 0. The van der Waals surface area contributed by atoms with Crippen molar-refractivity contribution in [3.63, 3.8) is 0 Å². The molecule has 4 heteroatoms. The maximum Gasteiger partial charge on any atom is 0 e. The monoisotopic (exact) mass is 251 g/mol. The molecule has 0 fully saturated rings. The zero-order chi connectivity index (χ0) is 0. The van der Waals surface area contributed by atoms with Crippen molar-refractivity contribution in [2.24, 2.45) is 0 Å². The van der Waals surface area contributed by atoms with E-state index in [9.17, 15) is 0 Å². The van der Waals surface area contributed by atoms with E-state index in [-0.39, 0.29) is 68.7 Å². The van der Waals surface area contributed by atoms with Crippen LogP contribution in [0.1, 0.15) is 0 Å². The molecule has 0 amide bonds. The van der Waals surface area contributed by atoms with Crippen LogP contribution in [-0.4, -0.2) is 0 Å². The molecule has 0 spiro atoms. The van der Waals surface area contributed by atoms with E-state index in [0.717, 1.165) is 0 Å². The predicted octanol–water partition coefficient (Wildman–Crippen LogP) is 0.105. The van der Waals surface area contributed by atoms with Crippen molar-refractivity contribution in [3.05, 3.63) is 0 Å². The van der Waals surface area contributed by atoms with Gasteiger partial charge in [0.15, 0.2) is 0 Å². The Balaban J connectivity index is 0. The van der Waals surface area contributed by atoms with Gasteiger partial charge in [0, 0.05) is 55.2 Å². The van der Waals surface area contributed by atoms with Crippen molar-refractivity contribution in [1.29, 1.82) is 0 Å². The van der Waals surface area contributed by atoms with Gasteiger partial charge in [0.1, 0.15) is 0 Å². The molecule has 0 saturated carbocycles. The summed E-state index contributed by atoms with van der Waals surface area (Å²) in [6.07, 6.45) is 0. The smallest absolute Gasteiger partial charge is 0 e. The summed E-state index contributed by atoms with van der Waals surface area (Å²) in [5, 5.41) is 0. The van der Waals surface area contributed by atoms with Crippen LogP contribution in [0, 0.1) is 0 Å². The van der Waals surface area contributed by atoms with Gasteiger partial charge in [-0.25, -0.2) is 0 Å². The van der Waals surface area contributed by atoms with Crippen LogP contribution in [0.3, 0.4) is 0 Å². The van der Waals surface area contributed by atoms with Gasteiger partial charge in [0.25, 0.3) is 0 Å². The zero-order valence-electron chi connectivity index (χ0n) is 1.56. The van der Waals surface area contributed by atoms with E-state index < -0.39 is 0 Å². The number of hydrogen-bond acceptors (Lipinski definition) is 0. The van der Waals surface area contributed by atoms with Gasteiger partial charge in [-0.15, -0.1) is 0 Å². The summed E-state index contributed by atoms with van der Waals surface area (Å²) in [4.78, 5) is 0. The van der Waals surface area contributed by atoms with Gasteiger partial charge in [-0.2, -0.15) is 13.5 Å². The normalized spacial score (nSPS) is 0. The molecular formula is H2CuFeMoS. The Hall–Kier alpha value is 2.08. The number of rotatable bonds is 0. The summed E-state index contributed by atoms with van der Waals surface area (Å²) < 4.78 is 0. The summed E-state index contributed by atoms with van der Waals surface area (Å²) in [7, 11) is 0. The fraction of sp³-hybridized carbons (Fsp3) is 0. The Kier molecular flexibility index (Phi) is 178. The topological polar surface area (TPSA) is 0 Å². The van der Waals surface area contributed by atoms with Crippen molar-refractivity contribution in [2.75, 3.05) is 0 Å². The van der Waals surface area contributed by atoms with E-state index in [0.29, 0.717) is 0 Å². The van der Waals surface area contributed by atoms with Gasteiger partial charge in [0.2, 0.25) is 0 Å². The number of hydrogen-bond donors (Lipinski definition) is 0. The first-order valence-electron chi connectivity index (χ1n) is 0. The fourth-order valence-electron chi connectivity index (χ4n) is 0. The second-order valence-corrected chi connectivity index (χ2v) is 0. The fourth-order valence-corrected chi connectivity index (χ4v) is 0. The molecule has 0 N–H and O–H groups in total. The van der Waals surface area contributed by atoms with Crippen LogP contribution in [-0.2, 0) is 55.2 Å². The van der Waals surface area contributed by atoms with Gasteiger partial charge in [-0.3, -0.25) is 0 Å². The Morgan fingerprint density at radius 1 is 1.00 bits per heavy atom. The molecule has 0 aliphatic heterocycles. The maximum atomic E-state index is 0. The molecule has 0 aromatic heterocycles. The minimum absolute atomic E-state index is 0. The molecule has 0 aliphatic carbocycles. The van der Waals surface area contributed by atoms with Crippen LogP contribution in [0.2, 0.25) is 0 Å². The van der Waals surface area contributed by atoms with Crippen LogP contribution in [0.4, 0.5) is 0 Å². The molecule has 0 rings (SSSR count). The molecule has 4 heavy (non-hydrogen) atoms. The summed E-state index contributed by atoms with van der Waals surface area (Å²) in [6.45, 7) is 0. The summed E-state index contributed by atoms with van der Waals surface area (Å²) in [5.41, 5.74) is 0. The first-order valence-corrected chi connectivity index (χ1v) is 0. The minimum Gasteiger partial charge on any atom is -0.197 e. The predicted molar refractivity (Wildman–Crippen MR) is 10.4 cm³/mol. The standard InChI is InChI=1S/Cu.Fe.Mo.H2S/h;;;1H2. The molecule has 0 unspecified atom stereocenters. The quantitative estimate of drug-likeness (QED) is 0.535. The largest absolute Gasteiger partial charge is 0.197 e. The molecule has 0 bridgehead atoms. The Morgan fingerprint density at radius 3 is 1.00 bits per heavy atom.